The molecule has 1 saturated carbocycles. The molecule has 0 unspecified atom stereocenters. The third kappa shape index (κ3) is 3.81. The van der Waals surface area contributed by atoms with Gasteiger partial charge in [-0.05, 0) is 55.2 Å². The van der Waals surface area contributed by atoms with E-state index in [-0.39, 0.29) is 35.8 Å². The average molecular weight is 401 g/mol. The largest absolute Gasteiger partial charge is 0.394 e. The number of carbonyl (C=O) groups is 1. The maximum absolute atomic E-state index is 13.4. The second-order valence-corrected chi connectivity index (χ2v) is 8.93. The van der Waals surface area contributed by atoms with Crippen LogP contribution in [0.15, 0.2) is 40.5 Å². The molecular weight excluding hydrogens is 373 g/mol. The number of Topliss-reactive ketones (excluding diaryl/α,β-unsaturated/α-hetero) is 1. The number of carbonyl (C=O) groups excluding carboxylic acids is 1. The van der Waals surface area contributed by atoms with Crippen molar-refractivity contribution < 1.29 is 19.4 Å². The Morgan fingerprint density at radius 2 is 2.00 bits per heavy atom. The van der Waals surface area contributed by atoms with Crippen LogP contribution in [0, 0.1) is 17.2 Å². The van der Waals surface area contributed by atoms with Crippen molar-refractivity contribution in [3.05, 3.63) is 46.9 Å². The number of hydrogen-bond acceptors (Lipinski definition) is 6. The van der Waals surface area contributed by atoms with Gasteiger partial charge in [-0.1, -0.05) is 19.1 Å². The minimum Gasteiger partial charge on any atom is -0.394 e. The normalized spacial score (nSPS) is 32.7. The minimum atomic E-state index is -0.510. The van der Waals surface area contributed by atoms with Crippen molar-refractivity contribution in [1.82, 2.24) is 10.6 Å². The van der Waals surface area contributed by atoms with E-state index in [4.69, 9.17) is 0 Å². The van der Waals surface area contributed by atoms with Crippen LogP contribution in [0.1, 0.15) is 51.1 Å². The average Bonchev–Trinajstić information content (AvgIpc) is 2.65. The molecule has 0 amide bonds. The van der Waals surface area contributed by atoms with E-state index in [1.807, 2.05) is 6.92 Å². The molecule has 1 aromatic carbocycles. The van der Waals surface area contributed by atoms with Gasteiger partial charge >= 0.3 is 0 Å². The molecule has 7 heteroatoms. The lowest BCUT2D eigenvalue weighted by atomic mass is 9.58. The summed E-state index contributed by atoms with van der Waals surface area (Å²) in [6.07, 6.45) is 2.31. The lowest BCUT2D eigenvalue weighted by Crippen LogP contribution is -2.50. The highest BCUT2D eigenvalue weighted by Gasteiger charge is 2.48. The second-order valence-electron chi connectivity index (χ2n) is 8.93. The Labute approximate surface area is 169 Å². The molecule has 29 heavy (non-hydrogen) atoms. The summed E-state index contributed by atoms with van der Waals surface area (Å²) in [5.74, 6) is 0.535. The summed E-state index contributed by atoms with van der Waals surface area (Å²) in [4.78, 5) is 17.9. The van der Waals surface area contributed by atoms with E-state index >= 15 is 0 Å². The van der Waals surface area contributed by atoms with Crippen LogP contribution in [0.4, 0.5) is 4.39 Å². The molecular formula is C22H28FN3O3. The van der Waals surface area contributed by atoms with Gasteiger partial charge in [-0.15, -0.1) is 0 Å². The van der Waals surface area contributed by atoms with Gasteiger partial charge in [0.05, 0.1) is 12.7 Å². The summed E-state index contributed by atoms with van der Waals surface area (Å²) in [5.41, 5.74) is 2.02. The summed E-state index contributed by atoms with van der Waals surface area (Å²) in [6.45, 7) is 3.91. The quantitative estimate of drug-likeness (QED) is 0.621. The molecule has 4 N–H and O–H groups in total. The fraction of sp³-hybridized carbons (Fsp3) is 0.545. The number of halogens is 1. The van der Waals surface area contributed by atoms with E-state index in [1.54, 1.807) is 12.1 Å². The predicted molar refractivity (Wildman–Crippen MR) is 108 cm³/mol. The summed E-state index contributed by atoms with van der Waals surface area (Å²) in [5, 5.41) is 25.6. The lowest BCUT2D eigenvalue weighted by molar-refractivity contribution is -0.122. The van der Waals surface area contributed by atoms with Crippen LogP contribution in [0.2, 0.25) is 0 Å². The molecule has 1 heterocycles. The molecule has 0 spiro atoms. The molecule has 2 aliphatic carbocycles. The second kappa shape index (κ2) is 7.54. The number of aliphatic imine (C=N–C) groups is 1. The van der Waals surface area contributed by atoms with Crippen LogP contribution in [-0.4, -0.2) is 40.7 Å². The van der Waals surface area contributed by atoms with Gasteiger partial charge < -0.3 is 20.8 Å². The van der Waals surface area contributed by atoms with Crippen LogP contribution in [0.25, 0.3) is 0 Å². The number of hydrogen-bond donors (Lipinski definition) is 4. The Balaban J connectivity index is 1.69. The van der Waals surface area contributed by atoms with E-state index in [9.17, 15) is 19.4 Å². The fourth-order valence-electron chi connectivity index (χ4n) is 4.67. The molecule has 1 fully saturated rings. The molecule has 3 aliphatic rings. The summed E-state index contributed by atoms with van der Waals surface area (Å²) >= 11 is 0. The maximum Gasteiger partial charge on any atom is 0.196 e. The molecule has 0 saturated heterocycles. The number of guanidine groups is 1. The van der Waals surface area contributed by atoms with Crippen molar-refractivity contribution >= 4 is 11.7 Å². The number of aliphatic hydroxyl groups excluding tert-OH is 2. The van der Waals surface area contributed by atoms with Crippen LogP contribution >= 0.6 is 0 Å². The highest BCUT2D eigenvalue weighted by Crippen LogP contribution is 2.52. The van der Waals surface area contributed by atoms with E-state index in [2.05, 4.69) is 22.5 Å². The van der Waals surface area contributed by atoms with Crippen molar-refractivity contribution in [2.45, 2.75) is 57.7 Å². The topological polar surface area (TPSA) is 93.9 Å². The molecule has 1 aromatic rings. The predicted octanol–water partition coefficient (Wildman–Crippen LogP) is 2.19. The van der Waals surface area contributed by atoms with Gasteiger partial charge in [0, 0.05) is 23.7 Å². The highest BCUT2D eigenvalue weighted by molar-refractivity contribution is 6.01. The zero-order chi connectivity index (χ0) is 20.8. The van der Waals surface area contributed by atoms with Crippen molar-refractivity contribution in [2.24, 2.45) is 16.3 Å². The summed E-state index contributed by atoms with van der Waals surface area (Å²) in [7, 11) is 0. The monoisotopic (exact) mass is 401 g/mol. The fourth-order valence-corrected chi connectivity index (χ4v) is 4.67. The highest BCUT2D eigenvalue weighted by atomic mass is 19.1. The molecule has 0 aromatic heterocycles. The first-order chi connectivity index (χ1) is 13.8. The molecule has 0 bridgehead atoms. The Morgan fingerprint density at radius 1 is 1.31 bits per heavy atom. The molecule has 0 radical (unpaired) electrons. The van der Waals surface area contributed by atoms with Crippen LogP contribution in [0.3, 0.4) is 0 Å². The van der Waals surface area contributed by atoms with Gasteiger partial charge in [0.15, 0.2) is 11.7 Å². The third-order valence-corrected chi connectivity index (χ3v) is 6.51. The Bertz CT molecular complexity index is 861. The first kappa shape index (κ1) is 20.0. The number of benzene rings is 1. The number of rotatable bonds is 4. The van der Waals surface area contributed by atoms with Gasteiger partial charge in [-0.3, -0.25) is 4.79 Å². The summed E-state index contributed by atoms with van der Waals surface area (Å²) < 4.78 is 13.4. The Hall–Kier alpha value is -2.25. The zero-order valence-electron chi connectivity index (χ0n) is 16.8. The first-order valence-electron chi connectivity index (χ1n) is 10.2. The van der Waals surface area contributed by atoms with E-state index in [1.165, 1.54) is 12.1 Å². The minimum absolute atomic E-state index is 0.0509. The van der Waals surface area contributed by atoms with Gasteiger partial charge in [-0.2, -0.15) is 0 Å². The van der Waals surface area contributed by atoms with Crippen molar-refractivity contribution in [2.75, 3.05) is 6.61 Å². The standard InChI is InChI=1S/C22H28FN3O3/c1-12(11-27)24-21-25-17-9-22(2,14-7-16(28)8-14)10-18(29)19(17)20(26-21)13-3-5-15(23)6-4-13/h3-6,12,14,16,20,27-28H,7-11H2,1-2H3,(H2,24,25,26)/t12-,14?,16?,20-,22-/m0/s1. The number of ketones is 1. The molecule has 156 valence electrons. The zero-order valence-corrected chi connectivity index (χ0v) is 16.8. The van der Waals surface area contributed by atoms with Gasteiger partial charge in [0.25, 0.3) is 0 Å². The van der Waals surface area contributed by atoms with E-state index in [0.29, 0.717) is 30.3 Å². The first-order valence-corrected chi connectivity index (χ1v) is 10.2. The van der Waals surface area contributed by atoms with Gasteiger partial charge in [-0.25, -0.2) is 9.38 Å². The molecule has 6 nitrogen and oxygen atoms in total. The smallest absolute Gasteiger partial charge is 0.196 e. The number of aliphatic hydroxyl groups is 2. The number of allylic oxidation sites excluding steroid dienone is 1. The van der Waals surface area contributed by atoms with Crippen LogP contribution in [0.5, 0.6) is 0 Å². The van der Waals surface area contributed by atoms with Crippen LogP contribution in [-0.2, 0) is 4.79 Å². The van der Waals surface area contributed by atoms with Gasteiger partial charge in [0.2, 0.25) is 0 Å². The number of nitrogens with zero attached hydrogens (tertiary/aromatic N) is 1. The van der Waals surface area contributed by atoms with Crippen LogP contribution < -0.4 is 10.6 Å². The lowest BCUT2D eigenvalue weighted by Gasteiger charge is -2.49. The molecule has 1 aliphatic heterocycles. The van der Waals surface area contributed by atoms with E-state index < -0.39 is 6.04 Å². The Kier molecular flexibility index (Phi) is 5.21. The maximum atomic E-state index is 13.4. The van der Waals surface area contributed by atoms with Gasteiger partial charge in [0.1, 0.15) is 11.9 Å². The van der Waals surface area contributed by atoms with E-state index in [0.717, 1.165) is 24.1 Å². The number of nitrogens with one attached hydrogen (secondary N) is 2. The third-order valence-electron chi connectivity index (χ3n) is 6.51. The van der Waals surface area contributed by atoms with Crippen molar-refractivity contribution in [3.8, 4) is 0 Å². The molecule has 3 atom stereocenters. The summed E-state index contributed by atoms with van der Waals surface area (Å²) in [6, 6.07) is 5.37. The van der Waals surface area contributed by atoms with Crippen molar-refractivity contribution in [3.63, 3.8) is 0 Å². The Morgan fingerprint density at radius 3 is 2.62 bits per heavy atom. The molecule has 4 rings (SSSR count). The van der Waals surface area contributed by atoms with Crippen molar-refractivity contribution in [1.29, 1.82) is 0 Å². The SMILES string of the molecule is C[C@@H](CO)NC1=N[C@@H](c2ccc(F)cc2)C2=C(C[C@](C)(C3CC(O)C3)CC2=O)N1.